The third kappa shape index (κ3) is 3.00. The predicted molar refractivity (Wildman–Crippen MR) is 64.5 cm³/mol. The second-order valence-corrected chi connectivity index (χ2v) is 4.14. The van der Waals surface area contributed by atoms with E-state index < -0.39 is 22.1 Å². The van der Waals surface area contributed by atoms with E-state index in [0.29, 0.717) is 26.1 Å². The summed E-state index contributed by atoms with van der Waals surface area (Å²) in [6.07, 6.45) is 1.11. The standard InChI is InChI=1S/C12H13NO6/c14-12(15)11-9(13(16)17)2-1-3-10(11)19-8-4-6-18-7-5-8/h1-3,8H,4-7H2,(H,14,15). The first-order valence-electron chi connectivity index (χ1n) is 5.84. The number of ether oxygens (including phenoxy) is 2. The molecule has 1 saturated heterocycles. The molecule has 1 aromatic carbocycles. The Morgan fingerprint density at radius 2 is 2.11 bits per heavy atom. The number of nitrogens with zero attached hydrogens (tertiary/aromatic N) is 1. The lowest BCUT2D eigenvalue weighted by Gasteiger charge is -2.23. The highest BCUT2D eigenvalue weighted by Gasteiger charge is 2.26. The lowest BCUT2D eigenvalue weighted by molar-refractivity contribution is -0.385. The van der Waals surface area contributed by atoms with E-state index in [2.05, 4.69) is 0 Å². The Morgan fingerprint density at radius 3 is 2.68 bits per heavy atom. The molecule has 7 heteroatoms. The molecule has 2 rings (SSSR count). The minimum absolute atomic E-state index is 0.0357. The van der Waals surface area contributed by atoms with Gasteiger partial charge in [0.25, 0.3) is 5.69 Å². The molecule has 7 nitrogen and oxygen atoms in total. The molecule has 0 radical (unpaired) electrons. The van der Waals surface area contributed by atoms with Crippen molar-refractivity contribution in [3.05, 3.63) is 33.9 Å². The van der Waals surface area contributed by atoms with Crippen LogP contribution in [0.3, 0.4) is 0 Å². The molecule has 0 unspecified atom stereocenters. The van der Waals surface area contributed by atoms with Gasteiger partial charge in [0.1, 0.15) is 11.9 Å². The molecule has 19 heavy (non-hydrogen) atoms. The van der Waals surface area contributed by atoms with Crippen molar-refractivity contribution < 1.29 is 24.3 Å². The molecule has 1 fully saturated rings. The van der Waals surface area contributed by atoms with Crippen molar-refractivity contribution in [2.45, 2.75) is 18.9 Å². The van der Waals surface area contributed by atoms with Crippen LogP contribution < -0.4 is 4.74 Å². The van der Waals surface area contributed by atoms with E-state index >= 15 is 0 Å². The lowest BCUT2D eigenvalue weighted by atomic mass is 10.1. The van der Waals surface area contributed by atoms with Crippen LogP contribution in [-0.4, -0.2) is 35.3 Å². The molecule has 0 bridgehead atoms. The Morgan fingerprint density at radius 1 is 1.42 bits per heavy atom. The molecule has 1 aromatic rings. The zero-order valence-corrected chi connectivity index (χ0v) is 10.1. The monoisotopic (exact) mass is 267 g/mol. The van der Waals surface area contributed by atoms with Gasteiger partial charge in [-0.1, -0.05) is 6.07 Å². The topological polar surface area (TPSA) is 98.9 Å². The van der Waals surface area contributed by atoms with Gasteiger partial charge in [-0.15, -0.1) is 0 Å². The number of nitro groups is 1. The van der Waals surface area contributed by atoms with E-state index in [1.165, 1.54) is 12.1 Å². The summed E-state index contributed by atoms with van der Waals surface area (Å²) in [5.41, 5.74) is -0.865. The molecular weight excluding hydrogens is 254 g/mol. The Labute approximate surface area is 108 Å². The molecule has 102 valence electrons. The maximum Gasteiger partial charge on any atom is 0.346 e. The van der Waals surface area contributed by atoms with Gasteiger partial charge in [0.05, 0.1) is 18.1 Å². The van der Waals surface area contributed by atoms with Crippen LogP contribution >= 0.6 is 0 Å². The van der Waals surface area contributed by atoms with Crippen LogP contribution in [0.1, 0.15) is 23.2 Å². The van der Waals surface area contributed by atoms with Crippen LogP contribution in [-0.2, 0) is 4.74 Å². The fourth-order valence-corrected chi connectivity index (χ4v) is 1.96. The molecular formula is C12H13NO6. The minimum atomic E-state index is -1.37. The van der Waals surface area contributed by atoms with Gasteiger partial charge in [0.15, 0.2) is 5.56 Å². The van der Waals surface area contributed by atoms with Gasteiger partial charge >= 0.3 is 5.97 Å². The number of carboxylic acid groups (broad SMARTS) is 1. The van der Waals surface area contributed by atoms with Gasteiger partial charge in [-0.2, -0.15) is 0 Å². The molecule has 0 amide bonds. The van der Waals surface area contributed by atoms with E-state index in [1.54, 1.807) is 0 Å². The quantitative estimate of drug-likeness (QED) is 0.660. The number of nitro benzene ring substituents is 1. The number of rotatable bonds is 4. The Hall–Kier alpha value is -2.15. The molecule has 1 aliphatic rings. The average Bonchev–Trinajstić information content (AvgIpc) is 2.39. The van der Waals surface area contributed by atoms with Crippen LogP contribution in [0.5, 0.6) is 5.75 Å². The highest BCUT2D eigenvalue weighted by Crippen LogP contribution is 2.30. The zero-order valence-electron chi connectivity index (χ0n) is 10.1. The number of benzene rings is 1. The van der Waals surface area contributed by atoms with Crippen molar-refractivity contribution in [2.75, 3.05) is 13.2 Å². The maximum absolute atomic E-state index is 11.2. The average molecular weight is 267 g/mol. The molecule has 1 heterocycles. The summed E-state index contributed by atoms with van der Waals surface area (Å²) in [5.74, 6) is -1.33. The normalized spacial score (nSPS) is 16.0. The summed E-state index contributed by atoms with van der Waals surface area (Å²) in [4.78, 5) is 21.3. The van der Waals surface area contributed by atoms with Gasteiger partial charge in [-0.25, -0.2) is 4.79 Å². The van der Waals surface area contributed by atoms with Gasteiger partial charge in [0, 0.05) is 18.9 Å². The van der Waals surface area contributed by atoms with Gasteiger partial charge in [-0.3, -0.25) is 10.1 Å². The largest absolute Gasteiger partial charge is 0.489 e. The lowest BCUT2D eigenvalue weighted by Crippen LogP contribution is -2.26. The number of carboxylic acids is 1. The first-order chi connectivity index (χ1) is 9.09. The SMILES string of the molecule is O=C(O)c1c(OC2CCOCC2)cccc1[N+](=O)[O-]. The summed E-state index contributed by atoms with van der Waals surface area (Å²) in [6, 6.07) is 4.01. The number of carbonyl (C=O) groups is 1. The smallest absolute Gasteiger partial charge is 0.346 e. The van der Waals surface area contributed by atoms with E-state index in [0.717, 1.165) is 6.07 Å². The van der Waals surface area contributed by atoms with Crippen molar-refractivity contribution in [3.63, 3.8) is 0 Å². The fourth-order valence-electron chi connectivity index (χ4n) is 1.96. The molecule has 1 N–H and O–H groups in total. The summed E-state index contributed by atoms with van der Waals surface area (Å²) >= 11 is 0. The highest BCUT2D eigenvalue weighted by molar-refractivity contribution is 5.95. The molecule has 0 aromatic heterocycles. The van der Waals surface area contributed by atoms with Crippen molar-refractivity contribution >= 4 is 11.7 Å². The summed E-state index contributed by atoms with van der Waals surface area (Å²) in [5, 5.41) is 20.0. The molecule has 0 saturated carbocycles. The van der Waals surface area contributed by atoms with E-state index in [9.17, 15) is 14.9 Å². The second-order valence-electron chi connectivity index (χ2n) is 4.14. The van der Waals surface area contributed by atoms with Crippen LogP contribution in [0.4, 0.5) is 5.69 Å². The van der Waals surface area contributed by atoms with Crippen molar-refractivity contribution in [2.24, 2.45) is 0 Å². The highest BCUT2D eigenvalue weighted by atomic mass is 16.6. The summed E-state index contributed by atoms with van der Waals surface area (Å²) < 4.78 is 10.7. The number of aromatic carboxylic acids is 1. The molecule has 1 aliphatic heterocycles. The van der Waals surface area contributed by atoms with Crippen LogP contribution in [0.25, 0.3) is 0 Å². The predicted octanol–water partition coefficient (Wildman–Crippen LogP) is 1.85. The number of hydrogen-bond acceptors (Lipinski definition) is 5. The Kier molecular flexibility index (Phi) is 3.96. The van der Waals surface area contributed by atoms with E-state index in [1.807, 2.05) is 0 Å². The minimum Gasteiger partial charge on any atom is -0.489 e. The number of hydrogen-bond donors (Lipinski definition) is 1. The third-order valence-electron chi connectivity index (χ3n) is 2.88. The zero-order chi connectivity index (χ0) is 13.8. The van der Waals surface area contributed by atoms with Crippen molar-refractivity contribution in [3.8, 4) is 5.75 Å². The van der Waals surface area contributed by atoms with E-state index in [-0.39, 0.29) is 11.9 Å². The summed E-state index contributed by atoms with van der Waals surface area (Å²) in [7, 11) is 0. The third-order valence-corrected chi connectivity index (χ3v) is 2.88. The van der Waals surface area contributed by atoms with Crippen molar-refractivity contribution in [1.29, 1.82) is 0 Å². The second kappa shape index (κ2) is 5.66. The van der Waals surface area contributed by atoms with E-state index in [4.69, 9.17) is 14.6 Å². The van der Waals surface area contributed by atoms with Crippen molar-refractivity contribution in [1.82, 2.24) is 0 Å². The van der Waals surface area contributed by atoms with Gasteiger partial charge in [0.2, 0.25) is 0 Å². The molecule has 0 spiro atoms. The first-order valence-corrected chi connectivity index (χ1v) is 5.84. The van der Waals surface area contributed by atoms with Gasteiger partial charge in [-0.05, 0) is 6.07 Å². The van der Waals surface area contributed by atoms with Crippen LogP contribution in [0, 0.1) is 10.1 Å². The molecule has 0 aliphatic carbocycles. The maximum atomic E-state index is 11.2. The van der Waals surface area contributed by atoms with Crippen LogP contribution in [0.2, 0.25) is 0 Å². The Balaban J connectivity index is 2.30. The Bertz CT molecular complexity index is 495. The molecule has 0 atom stereocenters. The van der Waals surface area contributed by atoms with Gasteiger partial charge < -0.3 is 14.6 Å². The van der Waals surface area contributed by atoms with Crippen LogP contribution in [0.15, 0.2) is 18.2 Å². The summed E-state index contributed by atoms with van der Waals surface area (Å²) in [6.45, 7) is 1.09. The fraction of sp³-hybridized carbons (Fsp3) is 0.417. The first kappa shape index (κ1) is 13.3.